The maximum atomic E-state index is 3.71. The van der Waals surface area contributed by atoms with E-state index in [1.54, 1.807) is 0 Å². The van der Waals surface area contributed by atoms with E-state index >= 15 is 0 Å². The molecule has 2 rings (SSSR count). The summed E-state index contributed by atoms with van der Waals surface area (Å²) in [6.45, 7) is 10.6. The molecule has 0 amide bonds. The van der Waals surface area contributed by atoms with Crippen molar-refractivity contribution in [3.8, 4) is 0 Å². The SMILES string of the molecule is CCC(C)(C)NCCN1CCC[C@H]2CCCC[C@H]21. The van der Waals surface area contributed by atoms with E-state index in [-0.39, 0.29) is 0 Å². The van der Waals surface area contributed by atoms with Crippen LogP contribution in [0.1, 0.15) is 65.7 Å². The molecule has 2 nitrogen and oxygen atoms in total. The van der Waals surface area contributed by atoms with Crippen LogP contribution < -0.4 is 5.32 Å². The standard InChI is InChI=1S/C16H32N2/c1-4-16(2,3)17-11-13-18-12-7-9-14-8-5-6-10-15(14)18/h14-15,17H,4-13H2,1-3H3/t14-,15-/m1/s1. The molecule has 18 heavy (non-hydrogen) atoms. The van der Waals surface area contributed by atoms with Gasteiger partial charge in [0.05, 0.1) is 0 Å². The quantitative estimate of drug-likeness (QED) is 0.806. The Morgan fingerprint density at radius 1 is 1.11 bits per heavy atom. The normalized spacial score (nSPS) is 30.2. The van der Waals surface area contributed by atoms with E-state index in [1.165, 1.54) is 58.0 Å². The van der Waals surface area contributed by atoms with Crippen LogP contribution in [0.3, 0.4) is 0 Å². The van der Waals surface area contributed by atoms with Gasteiger partial charge in [-0.1, -0.05) is 19.8 Å². The van der Waals surface area contributed by atoms with Crippen LogP contribution in [0.2, 0.25) is 0 Å². The van der Waals surface area contributed by atoms with Gasteiger partial charge in [-0.2, -0.15) is 0 Å². The van der Waals surface area contributed by atoms with Crippen LogP contribution in [0, 0.1) is 5.92 Å². The first kappa shape index (κ1) is 14.3. The Bertz CT molecular complexity index is 247. The van der Waals surface area contributed by atoms with E-state index in [0.717, 1.165) is 18.5 Å². The average molecular weight is 252 g/mol. The van der Waals surface area contributed by atoms with E-state index in [0.29, 0.717) is 5.54 Å². The van der Waals surface area contributed by atoms with Gasteiger partial charge >= 0.3 is 0 Å². The zero-order valence-corrected chi connectivity index (χ0v) is 12.7. The first-order valence-corrected chi connectivity index (χ1v) is 8.11. The fourth-order valence-corrected chi connectivity index (χ4v) is 3.67. The molecule has 2 aliphatic rings. The van der Waals surface area contributed by atoms with Crippen molar-refractivity contribution >= 4 is 0 Å². The number of likely N-dealkylation sites (tertiary alicyclic amines) is 1. The van der Waals surface area contributed by atoms with Gasteiger partial charge in [-0.15, -0.1) is 0 Å². The van der Waals surface area contributed by atoms with Crippen LogP contribution in [0.4, 0.5) is 0 Å². The van der Waals surface area contributed by atoms with Gasteiger partial charge in [-0.05, 0) is 58.4 Å². The summed E-state index contributed by atoms with van der Waals surface area (Å²) in [5.74, 6) is 1.02. The van der Waals surface area contributed by atoms with Crippen molar-refractivity contribution < 1.29 is 0 Å². The summed E-state index contributed by atoms with van der Waals surface area (Å²) in [5, 5.41) is 3.71. The first-order chi connectivity index (χ1) is 8.62. The lowest BCUT2D eigenvalue weighted by molar-refractivity contribution is 0.0602. The molecule has 1 aliphatic heterocycles. The van der Waals surface area contributed by atoms with Crippen LogP contribution in [0.5, 0.6) is 0 Å². The Kier molecular flexibility index (Phi) is 5.08. The van der Waals surface area contributed by atoms with Crippen molar-refractivity contribution in [3.05, 3.63) is 0 Å². The number of hydrogen-bond donors (Lipinski definition) is 1. The fraction of sp³-hybridized carbons (Fsp3) is 1.00. The average Bonchev–Trinajstić information content (AvgIpc) is 2.39. The highest BCUT2D eigenvalue weighted by atomic mass is 15.2. The van der Waals surface area contributed by atoms with Crippen molar-refractivity contribution in [1.29, 1.82) is 0 Å². The van der Waals surface area contributed by atoms with E-state index < -0.39 is 0 Å². The third kappa shape index (κ3) is 3.71. The lowest BCUT2D eigenvalue weighted by Gasteiger charge is -2.44. The van der Waals surface area contributed by atoms with E-state index in [1.807, 2.05) is 0 Å². The van der Waals surface area contributed by atoms with Gasteiger partial charge in [0.1, 0.15) is 0 Å². The molecular weight excluding hydrogens is 220 g/mol. The molecule has 106 valence electrons. The van der Waals surface area contributed by atoms with Crippen LogP contribution in [0.15, 0.2) is 0 Å². The summed E-state index contributed by atoms with van der Waals surface area (Å²) in [5.41, 5.74) is 0.307. The van der Waals surface area contributed by atoms with E-state index in [9.17, 15) is 0 Å². The fourth-order valence-electron chi connectivity index (χ4n) is 3.67. The molecule has 1 aliphatic carbocycles. The van der Waals surface area contributed by atoms with Crippen molar-refractivity contribution in [1.82, 2.24) is 10.2 Å². The third-order valence-electron chi connectivity index (χ3n) is 5.24. The van der Waals surface area contributed by atoms with E-state index in [4.69, 9.17) is 0 Å². The summed E-state index contributed by atoms with van der Waals surface area (Å²) < 4.78 is 0. The molecule has 1 N–H and O–H groups in total. The van der Waals surface area contributed by atoms with Crippen LogP contribution in [0.25, 0.3) is 0 Å². The number of nitrogens with one attached hydrogen (secondary N) is 1. The maximum Gasteiger partial charge on any atom is 0.0124 e. The number of hydrogen-bond acceptors (Lipinski definition) is 2. The molecule has 2 atom stereocenters. The summed E-state index contributed by atoms with van der Waals surface area (Å²) in [7, 11) is 0. The van der Waals surface area contributed by atoms with Crippen molar-refractivity contribution in [3.63, 3.8) is 0 Å². The number of piperidine rings is 1. The minimum Gasteiger partial charge on any atom is -0.311 e. The van der Waals surface area contributed by atoms with Gasteiger partial charge in [0.15, 0.2) is 0 Å². The number of nitrogens with zero attached hydrogens (tertiary/aromatic N) is 1. The molecule has 0 spiro atoms. The van der Waals surface area contributed by atoms with Gasteiger partial charge in [-0.25, -0.2) is 0 Å². The summed E-state index contributed by atoms with van der Waals surface area (Å²) in [6.07, 6.45) is 10.0. The predicted octanol–water partition coefficient (Wildman–Crippen LogP) is 3.42. The second-order valence-corrected chi connectivity index (χ2v) is 6.95. The lowest BCUT2D eigenvalue weighted by atomic mass is 9.78. The summed E-state index contributed by atoms with van der Waals surface area (Å²) >= 11 is 0. The Labute approximate surface area is 114 Å². The first-order valence-electron chi connectivity index (χ1n) is 8.11. The van der Waals surface area contributed by atoms with Crippen molar-refractivity contribution in [2.45, 2.75) is 77.3 Å². The Morgan fingerprint density at radius 3 is 2.61 bits per heavy atom. The zero-order valence-electron chi connectivity index (χ0n) is 12.7. The van der Waals surface area contributed by atoms with Gasteiger partial charge < -0.3 is 5.32 Å². The molecular formula is C16H32N2. The maximum absolute atomic E-state index is 3.71. The lowest BCUT2D eigenvalue weighted by Crippen LogP contribution is -2.50. The molecule has 0 aromatic rings. The van der Waals surface area contributed by atoms with Crippen LogP contribution >= 0.6 is 0 Å². The molecule has 1 saturated heterocycles. The summed E-state index contributed by atoms with van der Waals surface area (Å²) in [4.78, 5) is 2.78. The van der Waals surface area contributed by atoms with Gasteiger partial charge in [-0.3, -0.25) is 4.90 Å². The molecule has 2 heteroatoms. The third-order valence-corrected chi connectivity index (χ3v) is 5.24. The highest BCUT2D eigenvalue weighted by molar-refractivity contribution is 4.88. The van der Waals surface area contributed by atoms with Crippen molar-refractivity contribution in [2.75, 3.05) is 19.6 Å². The zero-order chi connectivity index (χ0) is 13.0. The number of fused-ring (bicyclic) bond motifs is 1. The molecule has 0 bridgehead atoms. The highest BCUT2D eigenvalue weighted by Crippen LogP contribution is 2.34. The molecule has 0 unspecified atom stereocenters. The Morgan fingerprint density at radius 2 is 1.83 bits per heavy atom. The highest BCUT2D eigenvalue weighted by Gasteiger charge is 2.32. The Balaban J connectivity index is 1.77. The molecule has 0 aromatic carbocycles. The largest absolute Gasteiger partial charge is 0.311 e. The molecule has 1 heterocycles. The minimum absolute atomic E-state index is 0.307. The monoisotopic (exact) mass is 252 g/mol. The second kappa shape index (κ2) is 6.38. The Hall–Kier alpha value is -0.0800. The van der Waals surface area contributed by atoms with Gasteiger partial charge in [0.25, 0.3) is 0 Å². The van der Waals surface area contributed by atoms with Crippen LogP contribution in [-0.4, -0.2) is 36.1 Å². The van der Waals surface area contributed by atoms with Crippen LogP contribution in [-0.2, 0) is 0 Å². The smallest absolute Gasteiger partial charge is 0.0124 e. The predicted molar refractivity (Wildman–Crippen MR) is 78.9 cm³/mol. The minimum atomic E-state index is 0.307. The second-order valence-electron chi connectivity index (χ2n) is 6.95. The van der Waals surface area contributed by atoms with E-state index in [2.05, 4.69) is 31.0 Å². The number of rotatable bonds is 5. The molecule has 1 saturated carbocycles. The molecule has 0 radical (unpaired) electrons. The topological polar surface area (TPSA) is 15.3 Å². The van der Waals surface area contributed by atoms with Crippen molar-refractivity contribution in [2.24, 2.45) is 5.92 Å². The molecule has 2 fully saturated rings. The van der Waals surface area contributed by atoms with Gasteiger partial charge in [0, 0.05) is 24.7 Å². The summed E-state index contributed by atoms with van der Waals surface area (Å²) in [6, 6.07) is 0.916. The molecule has 0 aromatic heterocycles. The van der Waals surface area contributed by atoms with Gasteiger partial charge in [0.2, 0.25) is 0 Å².